The van der Waals surface area contributed by atoms with Gasteiger partial charge in [0.05, 0.1) is 39.6 Å². The van der Waals surface area contributed by atoms with E-state index in [2.05, 4.69) is 5.32 Å². The number of allylic oxidation sites excluding steroid dienone is 1. The van der Waals surface area contributed by atoms with Gasteiger partial charge in [0.2, 0.25) is 11.8 Å². The van der Waals surface area contributed by atoms with Crippen LogP contribution in [-0.2, 0) is 23.8 Å². The largest absolute Gasteiger partial charge is 0.379 e. The number of amides is 2. The first-order chi connectivity index (χ1) is 9.66. The van der Waals surface area contributed by atoms with Crippen LogP contribution in [0.1, 0.15) is 13.3 Å². The van der Waals surface area contributed by atoms with E-state index < -0.39 is 0 Å². The first-order valence-corrected chi connectivity index (χ1v) is 6.59. The van der Waals surface area contributed by atoms with E-state index in [0.717, 1.165) is 0 Å². The molecular weight excluding hydrogens is 264 g/mol. The van der Waals surface area contributed by atoms with Crippen LogP contribution < -0.4 is 11.1 Å². The van der Waals surface area contributed by atoms with Crippen molar-refractivity contribution in [2.75, 3.05) is 46.2 Å². The number of nitrogens with one attached hydrogen (secondary N) is 1. The highest BCUT2D eigenvalue weighted by molar-refractivity contribution is 5.87. The van der Waals surface area contributed by atoms with E-state index >= 15 is 0 Å². The number of hydrogen-bond acceptors (Lipinski definition) is 5. The van der Waals surface area contributed by atoms with Crippen LogP contribution in [0.25, 0.3) is 0 Å². The molecule has 7 heteroatoms. The number of hydrogen-bond donors (Lipinski definition) is 2. The van der Waals surface area contributed by atoms with Gasteiger partial charge in [-0.15, -0.1) is 0 Å². The number of carbonyl (C=O) groups excluding carboxylic acids is 2. The second kappa shape index (κ2) is 14.0. The lowest BCUT2D eigenvalue weighted by Crippen LogP contribution is -2.25. The van der Waals surface area contributed by atoms with Crippen molar-refractivity contribution in [2.24, 2.45) is 5.73 Å². The maximum absolute atomic E-state index is 11.0. The molecule has 0 saturated heterocycles. The quantitative estimate of drug-likeness (QED) is 0.355. The minimum Gasteiger partial charge on any atom is -0.379 e. The van der Waals surface area contributed by atoms with E-state index in [1.165, 1.54) is 6.08 Å². The van der Waals surface area contributed by atoms with Gasteiger partial charge in [0, 0.05) is 13.0 Å². The van der Waals surface area contributed by atoms with Crippen molar-refractivity contribution in [1.82, 2.24) is 5.32 Å². The highest BCUT2D eigenvalue weighted by atomic mass is 16.5. The highest BCUT2D eigenvalue weighted by Crippen LogP contribution is 1.84. The summed E-state index contributed by atoms with van der Waals surface area (Å²) in [5, 5.41) is 2.67. The molecule has 116 valence electrons. The molecule has 0 saturated carbocycles. The van der Waals surface area contributed by atoms with Crippen LogP contribution in [0.3, 0.4) is 0 Å². The van der Waals surface area contributed by atoms with Crippen LogP contribution in [0, 0.1) is 0 Å². The Morgan fingerprint density at radius 3 is 2.10 bits per heavy atom. The summed E-state index contributed by atoms with van der Waals surface area (Å²) >= 11 is 0. The minimum atomic E-state index is -0.374. The molecule has 0 aliphatic carbocycles. The predicted molar refractivity (Wildman–Crippen MR) is 74.1 cm³/mol. The fourth-order valence-electron chi connectivity index (χ4n) is 1.17. The van der Waals surface area contributed by atoms with Crippen LogP contribution in [0.5, 0.6) is 0 Å². The summed E-state index contributed by atoms with van der Waals surface area (Å²) in [5.41, 5.74) is 4.95. The average molecular weight is 288 g/mol. The van der Waals surface area contributed by atoms with Gasteiger partial charge < -0.3 is 25.3 Å². The van der Waals surface area contributed by atoms with Gasteiger partial charge in [0.15, 0.2) is 0 Å². The summed E-state index contributed by atoms with van der Waals surface area (Å²) in [6.07, 6.45) is 3.36. The van der Waals surface area contributed by atoms with Crippen molar-refractivity contribution in [3.05, 3.63) is 12.2 Å². The molecular formula is C13H24N2O5. The average Bonchev–Trinajstić information content (AvgIpc) is 2.40. The molecule has 0 bridgehead atoms. The number of carbonyl (C=O) groups is 2. The Balaban J connectivity index is 3.10. The Bertz CT molecular complexity index is 294. The summed E-state index contributed by atoms with van der Waals surface area (Å²) in [7, 11) is 0. The van der Waals surface area contributed by atoms with Crippen LogP contribution >= 0.6 is 0 Å². The van der Waals surface area contributed by atoms with Crippen LogP contribution in [-0.4, -0.2) is 58.0 Å². The second-order valence-electron chi connectivity index (χ2n) is 3.84. The standard InChI is InChI=1S/C13H24N2O5/c1-2-3-13(17)15-5-7-19-9-11-20-10-8-18-6-4-12(14)16/h2-3H,4-11H2,1H3,(H2,14,16)(H,15,17)/b3-2+. The van der Waals surface area contributed by atoms with E-state index in [1.54, 1.807) is 13.0 Å². The number of rotatable bonds is 13. The van der Waals surface area contributed by atoms with Gasteiger partial charge in [0.1, 0.15) is 0 Å². The Morgan fingerprint density at radius 1 is 1.00 bits per heavy atom. The summed E-state index contributed by atoms with van der Waals surface area (Å²) in [5.74, 6) is -0.499. The number of primary amides is 1. The van der Waals surface area contributed by atoms with E-state index in [0.29, 0.717) is 46.2 Å². The third kappa shape index (κ3) is 14.6. The van der Waals surface area contributed by atoms with E-state index in [4.69, 9.17) is 19.9 Å². The summed E-state index contributed by atoms with van der Waals surface area (Å²) in [6, 6.07) is 0. The fraction of sp³-hybridized carbons (Fsp3) is 0.692. The molecule has 2 amide bonds. The lowest BCUT2D eigenvalue weighted by Gasteiger charge is -2.06. The topological polar surface area (TPSA) is 99.9 Å². The Hall–Kier alpha value is -1.44. The molecule has 0 aromatic rings. The predicted octanol–water partition coefficient (Wildman–Crippen LogP) is -0.396. The lowest BCUT2D eigenvalue weighted by molar-refractivity contribution is -0.119. The van der Waals surface area contributed by atoms with E-state index in [1.807, 2.05) is 0 Å². The van der Waals surface area contributed by atoms with Gasteiger partial charge in [-0.1, -0.05) is 6.08 Å². The molecule has 0 aliphatic rings. The van der Waals surface area contributed by atoms with Crippen molar-refractivity contribution in [2.45, 2.75) is 13.3 Å². The minimum absolute atomic E-state index is 0.125. The van der Waals surface area contributed by atoms with Gasteiger partial charge >= 0.3 is 0 Å². The first kappa shape index (κ1) is 18.6. The maximum Gasteiger partial charge on any atom is 0.243 e. The summed E-state index contributed by atoms with van der Waals surface area (Å²) in [4.78, 5) is 21.4. The third-order valence-electron chi connectivity index (χ3n) is 2.10. The molecule has 0 fully saturated rings. The van der Waals surface area contributed by atoms with Crippen LogP contribution in [0.4, 0.5) is 0 Å². The van der Waals surface area contributed by atoms with Crippen LogP contribution in [0.2, 0.25) is 0 Å². The summed E-state index contributed by atoms with van der Waals surface area (Å²) in [6.45, 7) is 4.81. The zero-order valence-corrected chi connectivity index (χ0v) is 11.9. The molecule has 0 unspecified atom stereocenters. The molecule has 7 nitrogen and oxygen atoms in total. The van der Waals surface area contributed by atoms with Crippen molar-refractivity contribution in [1.29, 1.82) is 0 Å². The molecule has 0 atom stereocenters. The molecule has 0 heterocycles. The number of ether oxygens (including phenoxy) is 3. The van der Waals surface area contributed by atoms with Gasteiger partial charge in [-0.3, -0.25) is 9.59 Å². The Kier molecular flexibility index (Phi) is 13.0. The SMILES string of the molecule is C/C=C/C(=O)NCCOCCOCCOCCC(N)=O. The van der Waals surface area contributed by atoms with E-state index in [9.17, 15) is 9.59 Å². The zero-order valence-electron chi connectivity index (χ0n) is 11.9. The van der Waals surface area contributed by atoms with Gasteiger partial charge in [-0.05, 0) is 13.0 Å². The Labute approximate surface area is 119 Å². The van der Waals surface area contributed by atoms with Crippen molar-refractivity contribution >= 4 is 11.8 Å². The van der Waals surface area contributed by atoms with Crippen LogP contribution in [0.15, 0.2) is 12.2 Å². The van der Waals surface area contributed by atoms with Gasteiger partial charge in [-0.25, -0.2) is 0 Å². The lowest BCUT2D eigenvalue weighted by atomic mass is 10.4. The molecule has 0 radical (unpaired) electrons. The highest BCUT2D eigenvalue weighted by Gasteiger charge is 1.95. The zero-order chi connectivity index (χ0) is 15.1. The molecule has 0 spiro atoms. The fourth-order valence-corrected chi connectivity index (χ4v) is 1.17. The molecule has 0 aromatic carbocycles. The molecule has 3 N–H and O–H groups in total. The number of nitrogens with two attached hydrogens (primary N) is 1. The maximum atomic E-state index is 11.0. The smallest absolute Gasteiger partial charge is 0.243 e. The van der Waals surface area contributed by atoms with Gasteiger partial charge in [0.25, 0.3) is 0 Å². The molecule has 20 heavy (non-hydrogen) atoms. The first-order valence-electron chi connectivity index (χ1n) is 6.59. The van der Waals surface area contributed by atoms with Crippen molar-refractivity contribution in [3.8, 4) is 0 Å². The summed E-state index contributed by atoms with van der Waals surface area (Å²) < 4.78 is 15.6. The normalized spacial score (nSPS) is 10.8. The third-order valence-corrected chi connectivity index (χ3v) is 2.10. The molecule has 0 rings (SSSR count). The molecule has 0 aromatic heterocycles. The van der Waals surface area contributed by atoms with Gasteiger partial charge in [-0.2, -0.15) is 0 Å². The van der Waals surface area contributed by atoms with E-state index in [-0.39, 0.29) is 18.2 Å². The van der Waals surface area contributed by atoms with Crippen molar-refractivity contribution < 1.29 is 23.8 Å². The monoisotopic (exact) mass is 288 g/mol. The Morgan fingerprint density at radius 2 is 1.55 bits per heavy atom. The molecule has 0 aliphatic heterocycles. The van der Waals surface area contributed by atoms with Crippen molar-refractivity contribution in [3.63, 3.8) is 0 Å². The second-order valence-corrected chi connectivity index (χ2v) is 3.84.